The lowest BCUT2D eigenvalue weighted by atomic mass is 10.2. The Labute approximate surface area is 84.0 Å². The summed E-state index contributed by atoms with van der Waals surface area (Å²) in [6.07, 6.45) is 5.84. The number of nitrogens with zero attached hydrogens (tertiary/aromatic N) is 1. The maximum absolute atomic E-state index is 5.53. The van der Waals surface area contributed by atoms with Gasteiger partial charge >= 0.3 is 0 Å². The molecule has 0 saturated carbocycles. The smallest absolute Gasteiger partial charge is 0.0588 e. The highest BCUT2D eigenvalue weighted by molar-refractivity contribution is 4.96. The molecule has 1 fully saturated rings. The molecule has 0 aliphatic carbocycles. The van der Waals surface area contributed by atoms with Gasteiger partial charge in [-0.05, 0) is 31.9 Å². The van der Waals surface area contributed by atoms with E-state index >= 15 is 0 Å². The molecular formula is C10H17N3O. The van der Waals surface area contributed by atoms with E-state index < -0.39 is 0 Å². The van der Waals surface area contributed by atoms with E-state index in [0.717, 1.165) is 31.8 Å². The molecule has 1 unspecified atom stereocenters. The van der Waals surface area contributed by atoms with Crippen LogP contribution in [0.2, 0.25) is 0 Å². The molecule has 2 rings (SSSR count). The summed E-state index contributed by atoms with van der Waals surface area (Å²) in [5, 5.41) is 10.2. The fraction of sp³-hybridized carbons (Fsp3) is 0.700. The molecule has 2 N–H and O–H groups in total. The van der Waals surface area contributed by atoms with Gasteiger partial charge in [0.25, 0.3) is 0 Å². The largest absolute Gasteiger partial charge is 0.378 e. The summed E-state index contributed by atoms with van der Waals surface area (Å²) in [4.78, 5) is 0. The van der Waals surface area contributed by atoms with Gasteiger partial charge < -0.3 is 10.1 Å². The van der Waals surface area contributed by atoms with Crippen molar-refractivity contribution in [3.63, 3.8) is 0 Å². The molecule has 1 saturated heterocycles. The van der Waals surface area contributed by atoms with Gasteiger partial charge in [-0.15, -0.1) is 0 Å². The first-order valence-corrected chi connectivity index (χ1v) is 5.26. The number of aromatic amines is 1. The minimum Gasteiger partial charge on any atom is -0.378 e. The number of hydrogen-bond acceptors (Lipinski definition) is 3. The van der Waals surface area contributed by atoms with E-state index in [4.69, 9.17) is 4.74 Å². The van der Waals surface area contributed by atoms with E-state index in [2.05, 4.69) is 15.5 Å². The monoisotopic (exact) mass is 195 g/mol. The number of ether oxygens (including phenoxy) is 1. The SMILES string of the molecule is c1cc(CNCCC2CCCO2)[nH]n1. The van der Waals surface area contributed by atoms with Crippen molar-refractivity contribution in [3.8, 4) is 0 Å². The Bertz CT molecular complexity index is 242. The van der Waals surface area contributed by atoms with E-state index in [1.165, 1.54) is 12.8 Å². The Morgan fingerprint density at radius 3 is 3.36 bits per heavy atom. The first kappa shape index (κ1) is 9.68. The van der Waals surface area contributed by atoms with Crippen LogP contribution in [0.5, 0.6) is 0 Å². The predicted molar refractivity (Wildman–Crippen MR) is 53.9 cm³/mol. The third-order valence-electron chi connectivity index (χ3n) is 2.54. The van der Waals surface area contributed by atoms with Crippen LogP contribution >= 0.6 is 0 Å². The molecule has 1 aliphatic heterocycles. The van der Waals surface area contributed by atoms with Gasteiger partial charge in [-0.1, -0.05) is 0 Å². The van der Waals surface area contributed by atoms with E-state index in [1.807, 2.05) is 6.07 Å². The Morgan fingerprint density at radius 2 is 2.64 bits per heavy atom. The lowest BCUT2D eigenvalue weighted by Gasteiger charge is -2.09. The third kappa shape index (κ3) is 2.82. The third-order valence-corrected chi connectivity index (χ3v) is 2.54. The molecule has 78 valence electrons. The highest BCUT2D eigenvalue weighted by atomic mass is 16.5. The van der Waals surface area contributed by atoms with Crippen molar-refractivity contribution < 1.29 is 4.74 Å². The van der Waals surface area contributed by atoms with Crippen LogP contribution in [0.15, 0.2) is 12.3 Å². The number of rotatable bonds is 5. The topological polar surface area (TPSA) is 49.9 Å². The van der Waals surface area contributed by atoms with Crippen molar-refractivity contribution in [1.29, 1.82) is 0 Å². The van der Waals surface area contributed by atoms with E-state index in [0.29, 0.717) is 6.10 Å². The molecule has 0 radical (unpaired) electrons. The van der Waals surface area contributed by atoms with Crippen LogP contribution in [0.1, 0.15) is 25.0 Å². The Morgan fingerprint density at radius 1 is 1.64 bits per heavy atom. The van der Waals surface area contributed by atoms with Crippen molar-refractivity contribution in [2.24, 2.45) is 0 Å². The molecule has 14 heavy (non-hydrogen) atoms. The van der Waals surface area contributed by atoms with Crippen LogP contribution in [-0.2, 0) is 11.3 Å². The van der Waals surface area contributed by atoms with Crippen molar-refractivity contribution in [3.05, 3.63) is 18.0 Å². The molecular weight excluding hydrogens is 178 g/mol. The van der Waals surface area contributed by atoms with Gasteiger partial charge in [0.1, 0.15) is 0 Å². The van der Waals surface area contributed by atoms with Crippen LogP contribution in [0, 0.1) is 0 Å². The molecule has 0 bridgehead atoms. The van der Waals surface area contributed by atoms with Gasteiger partial charge in [-0.2, -0.15) is 5.10 Å². The lowest BCUT2D eigenvalue weighted by molar-refractivity contribution is 0.104. The van der Waals surface area contributed by atoms with Gasteiger partial charge in [0.2, 0.25) is 0 Å². The zero-order chi connectivity index (χ0) is 9.64. The number of nitrogens with one attached hydrogen (secondary N) is 2. The van der Waals surface area contributed by atoms with Crippen molar-refractivity contribution in [1.82, 2.24) is 15.5 Å². The minimum atomic E-state index is 0.490. The first-order valence-electron chi connectivity index (χ1n) is 5.26. The maximum Gasteiger partial charge on any atom is 0.0588 e. The van der Waals surface area contributed by atoms with Crippen molar-refractivity contribution in [2.45, 2.75) is 31.9 Å². The Hall–Kier alpha value is -0.870. The van der Waals surface area contributed by atoms with Crippen LogP contribution in [0.25, 0.3) is 0 Å². The highest BCUT2D eigenvalue weighted by Crippen LogP contribution is 2.14. The number of H-pyrrole nitrogens is 1. The zero-order valence-corrected chi connectivity index (χ0v) is 8.33. The second-order valence-electron chi connectivity index (χ2n) is 3.68. The number of aromatic nitrogens is 2. The van der Waals surface area contributed by atoms with Gasteiger partial charge in [0, 0.05) is 25.0 Å². The standard InChI is InChI=1S/C10H17N3O/c1-2-10(14-7-1)4-5-11-8-9-3-6-12-13-9/h3,6,10-11H,1-2,4-5,7-8H2,(H,12,13). The summed E-state index contributed by atoms with van der Waals surface area (Å²) in [6.45, 7) is 2.83. The average Bonchev–Trinajstić information content (AvgIpc) is 2.86. The van der Waals surface area contributed by atoms with Crippen LogP contribution < -0.4 is 5.32 Å². The summed E-state index contributed by atoms with van der Waals surface area (Å²) in [6, 6.07) is 1.99. The second-order valence-corrected chi connectivity index (χ2v) is 3.68. The average molecular weight is 195 g/mol. The fourth-order valence-electron chi connectivity index (χ4n) is 1.74. The van der Waals surface area contributed by atoms with E-state index in [1.54, 1.807) is 6.20 Å². The summed E-state index contributed by atoms with van der Waals surface area (Å²) in [5.41, 5.74) is 1.14. The molecule has 4 heteroatoms. The molecule has 1 aromatic heterocycles. The summed E-state index contributed by atoms with van der Waals surface area (Å²) >= 11 is 0. The first-order chi connectivity index (χ1) is 6.95. The maximum atomic E-state index is 5.53. The molecule has 0 aromatic carbocycles. The Balaban J connectivity index is 1.55. The summed E-state index contributed by atoms with van der Waals surface area (Å²) < 4.78 is 5.53. The highest BCUT2D eigenvalue weighted by Gasteiger charge is 2.14. The van der Waals surface area contributed by atoms with Crippen molar-refractivity contribution in [2.75, 3.05) is 13.2 Å². The molecule has 2 heterocycles. The van der Waals surface area contributed by atoms with Crippen LogP contribution in [0.3, 0.4) is 0 Å². The van der Waals surface area contributed by atoms with Gasteiger partial charge in [-0.3, -0.25) is 5.10 Å². The molecule has 0 spiro atoms. The second kappa shape index (κ2) is 5.12. The predicted octanol–water partition coefficient (Wildman–Crippen LogP) is 1.07. The van der Waals surface area contributed by atoms with Gasteiger partial charge in [-0.25, -0.2) is 0 Å². The normalized spacial score (nSPS) is 21.6. The zero-order valence-electron chi connectivity index (χ0n) is 8.33. The van der Waals surface area contributed by atoms with Crippen LogP contribution in [-0.4, -0.2) is 29.5 Å². The summed E-state index contributed by atoms with van der Waals surface area (Å²) in [7, 11) is 0. The minimum absolute atomic E-state index is 0.490. The van der Waals surface area contributed by atoms with Gasteiger partial charge in [0.05, 0.1) is 6.10 Å². The fourth-order valence-corrected chi connectivity index (χ4v) is 1.74. The van der Waals surface area contributed by atoms with Gasteiger partial charge in [0.15, 0.2) is 0 Å². The molecule has 1 aromatic rings. The number of hydrogen-bond donors (Lipinski definition) is 2. The molecule has 1 atom stereocenters. The van der Waals surface area contributed by atoms with Crippen LogP contribution in [0.4, 0.5) is 0 Å². The Kier molecular flexibility index (Phi) is 3.54. The lowest BCUT2D eigenvalue weighted by Crippen LogP contribution is -2.19. The molecule has 1 aliphatic rings. The molecule has 4 nitrogen and oxygen atoms in total. The quantitative estimate of drug-likeness (QED) is 0.691. The molecule has 0 amide bonds. The van der Waals surface area contributed by atoms with Crippen molar-refractivity contribution >= 4 is 0 Å². The van der Waals surface area contributed by atoms with E-state index in [-0.39, 0.29) is 0 Å². The summed E-state index contributed by atoms with van der Waals surface area (Å²) in [5.74, 6) is 0. The van der Waals surface area contributed by atoms with E-state index in [9.17, 15) is 0 Å².